The summed E-state index contributed by atoms with van der Waals surface area (Å²) < 4.78 is 13.2. The first kappa shape index (κ1) is 15.2. The van der Waals surface area contributed by atoms with E-state index in [1.165, 1.54) is 18.2 Å². The molecule has 0 saturated heterocycles. The molecule has 1 aliphatic rings. The van der Waals surface area contributed by atoms with Crippen molar-refractivity contribution in [2.75, 3.05) is 10.6 Å². The van der Waals surface area contributed by atoms with Crippen molar-refractivity contribution in [2.45, 2.75) is 19.8 Å². The molecule has 0 heterocycles. The fourth-order valence-corrected chi connectivity index (χ4v) is 2.39. The summed E-state index contributed by atoms with van der Waals surface area (Å²) in [4.78, 5) is 24.8. The number of carbonyl (C=O) groups is 2. The molecule has 3 rings (SSSR count). The number of halogens is 1. The third-order valence-electron chi connectivity index (χ3n) is 4.01. The van der Waals surface area contributed by atoms with Gasteiger partial charge in [-0.25, -0.2) is 4.39 Å². The smallest absolute Gasteiger partial charge is 0.240 e. The van der Waals surface area contributed by atoms with Crippen molar-refractivity contribution in [3.05, 3.63) is 59.9 Å². The van der Waals surface area contributed by atoms with Gasteiger partial charge < -0.3 is 10.6 Å². The summed E-state index contributed by atoms with van der Waals surface area (Å²) in [6.07, 6.45) is 0.984. The fraction of sp³-hybridized carbons (Fsp3) is 0.222. The summed E-state index contributed by atoms with van der Waals surface area (Å²) in [5.41, 5.74) is 1.04. The number of benzene rings is 2. The fourth-order valence-electron chi connectivity index (χ4n) is 2.39. The average molecular weight is 312 g/mol. The lowest BCUT2D eigenvalue weighted by atomic mass is 10.0. The molecule has 2 aromatic carbocycles. The molecule has 1 fully saturated rings. The van der Waals surface area contributed by atoms with Gasteiger partial charge in [0, 0.05) is 11.4 Å². The molecule has 0 atom stereocenters. The highest BCUT2D eigenvalue weighted by molar-refractivity contribution is 6.16. The predicted octanol–water partition coefficient (Wildman–Crippen LogP) is 3.49. The van der Waals surface area contributed by atoms with E-state index < -0.39 is 17.1 Å². The van der Waals surface area contributed by atoms with E-state index in [-0.39, 0.29) is 5.91 Å². The lowest BCUT2D eigenvalue weighted by Crippen LogP contribution is -2.35. The Balaban J connectivity index is 1.69. The van der Waals surface area contributed by atoms with Crippen molar-refractivity contribution in [2.24, 2.45) is 5.41 Å². The number of anilines is 2. The first-order valence-corrected chi connectivity index (χ1v) is 7.45. The van der Waals surface area contributed by atoms with E-state index in [0.717, 1.165) is 5.56 Å². The second-order valence-electron chi connectivity index (χ2n) is 5.87. The van der Waals surface area contributed by atoms with Gasteiger partial charge in [0.25, 0.3) is 0 Å². The Morgan fingerprint density at radius 2 is 1.57 bits per heavy atom. The molecule has 1 saturated carbocycles. The molecule has 0 radical (unpaired) electrons. The van der Waals surface area contributed by atoms with E-state index in [2.05, 4.69) is 10.6 Å². The van der Waals surface area contributed by atoms with Crippen molar-refractivity contribution < 1.29 is 14.0 Å². The maximum atomic E-state index is 13.2. The zero-order chi connectivity index (χ0) is 16.4. The number of carbonyl (C=O) groups excluding carboxylic acids is 2. The van der Waals surface area contributed by atoms with E-state index in [4.69, 9.17) is 0 Å². The van der Waals surface area contributed by atoms with E-state index >= 15 is 0 Å². The molecule has 0 unspecified atom stereocenters. The molecule has 4 nitrogen and oxygen atoms in total. The van der Waals surface area contributed by atoms with E-state index in [9.17, 15) is 14.0 Å². The van der Waals surface area contributed by atoms with Gasteiger partial charge in [0.05, 0.1) is 0 Å². The van der Waals surface area contributed by atoms with Gasteiger partial charge in [0.2, 0.25) is 11.8 Å². The van der Waals surface area contributed by atoms with Gasteiger partial charge in [-0.15, -0.1) is 0 Å². The Morgan fingerprint density at radius 3 is 2.13 bits per heavy atom. The number of amides is 2. The molecule has 0 bridgehead atoms. The van der Waals surface area contributed by atoms with E-state index in [1.54, 1.807) is 18.2 Å². The predicted molar refractivity (Wildman–Crippen MR) is 86.5 cm³/mol. The van der Waals surface area contributed by atoms with E-state index in [1.807, 2.05) is 19.1 Å². The molecular weight excluding hydrogens is 295 g/mol. The highest BCUT2D eigenvalue weighted by Gasteiger charge is 2.56. The molecule has 23 heavy (non-hydrogen) atoms. The van der Waals surface area contributed by atoms with Crippen LogP contribution in [0.1, 0.15) is 18.4 Å². The second kappa shape index (κ2) is 5.83. The Hall–Kier alpha value is -2.69. The lowest BCUT2D eigenvalue weighted by molar-refractivity contribution is -0.131. The summed E-state index contributed by atoms with van der Waals surface area (Å²) >= 11 is 0. The Kier molecular flexibility index (Phi) is 3.86. The van der Waals surface area contributed by atoms with Crippen LogP contribution in [0.2, 0.25) is 0 Å². The van der Waals surface area contributed by atoms with Crippen LogP contribution in [0.3, 0.4) is 0 Å². The summed E-state index contributed by atoms with van der Waals surface area (Å²) in [5, 5.41) is 5.40. The molecule has 0 aliphatic heterocycles. The standard InChI is InChI=1S/C18H17FN2O2/c1-12-5-7-14(8-6-12)20-16(22)18(9-10-18)17(23)21-15-4-2-3-13(19)11-15/h2-8,11H,9-10H2,1H3,(H,20,22)(H,21,23). The minimum atomic E-state index is -1.06. The zero-order valence-electron chi connectivity index (χ0n) is 12.7. The molecule has 1 aliphatic carbocycles. The second-order valence-corrected chi connectivity index (χ2v) is 5.87. The van der Waals surface area contributed by atoms with Crippen LogP contribution in [0.5, 0.6) is 0 Å². The Morgan fingerprint density at radius 1 is 0.957 bits per heavy atom. The van der Waals surface area contributed by atoms with E-state index in [0.29, 0.717) is 24.2 Å². The number of nitrogens with one attached hydrogen (secondary N) is 2. The lowest BCUT2D eigenvalue weighted by Gasteiger charge is -2.15. The van der Waals surface area contributed by atoms with Crippen molar-refractivity contribution in [3.8, 4) is 0 Å². The summed E-state index contributed by atoms with van der Waals surface area (Å²) in [5.74, 6) is -1.15. The minimum Gasteiger partial charge on any atom is -0.325 e. The van der Waals surface area contributed by atoms with Gasteiger partial charge in [-0.2, -0.15) is 0 Å². The molecule has 0 aromatic heterocycles. The normalized spacial score (nSPS) is 14.9. The van der Waals surface area contributed by atoms with Gasteiger partial charge in [0.1, 0.15) is 11.2 Å². The van der Waals surface area contributed by atoms with Crippen LogP contribution < -0.4 is 10.6 Å². The number of rotatable bonds is 4. The summed E-state index contributed by atoms with van der Waals surface area (Å²) in [6, 6.07) is 13.0. The SMILES string of the molecule is Cc1ccc(NC(=O)C2(C(=O)Nc3cccc(F)c3)CC2)cc1. The van der Waals surface area contributed by atoms with Gasteiger partial charge >= 0.3 is 0 Å². The zero-order valence-corrected chi connectivity index (χ0v) is 12.7. The molecular formula is C18H17FN2O2. The number of hydrogen-bond donors (Lipinski definition) is 2. The largest absolute Gasteiger partial charge is 0.325 e. The van der Waals surface area contributed by atoms with Crippen molar-refractivity contribution >= 4 is 23.2 Å². The van der Waals surface area contributed by atoms with Crippen LogP contribution in [0.25, 0.3) is 0 Å². The first-order chi connectivity index (χ1) is 11.0. The number of hydrogen-bond acceptors (Lipinski definition) is 2. The summed E-state index contributed by atoms with van der Waals surface area (Å²) in [6.45, 7) is 1.96. The monoisotopic (exact) mass is 312 g/mol. The topological polar surface area (TPSA) is 58.2 Å². The van der Waals surface area contributed by atoms with Crippen molar-refractivity contribution in [3.63, 3.8) is 0 Å². The van der Waals surface area contributed by atoms with Crippen LogP contribution >= 0.6 is 0 Å². The molecule has 0 spiro atoms. The van der Waals surface area contributed by atoms with Crippen molar-refractivity contribution in [1.29, 1.82) is 0 Å². The summed E-state index contributed by atoms with van der Waals surface area (Å²) in [7, 11) is 0. The highest BCUT2D eigenvalue weighted by Crippen LogP contribution is 2.47. The maximum Gasteiger partial charge on any atom is 0.240 e. The van der Waals surface area contributed by atoms with Gasteiger partial charge in [-0.3, -0.25) is 9.59 Å². The highest BCUT2D eigenvalue weighted by atomic mass is 19.1. The molecule has 118 valence electrons. The van der Waals surface area contributed by atoms with Crippen LogP contribution in [-0.2, 0) is 9.59 Å². The molecule has 5 heteroatoms. The van der Waals surface area contributed by atoms with Crippen LogP contribution in [0.4, 0.5) is 15.8 Å². The van der Waals surface area contributed by atoms with Gasteiger partial charge in [-0.05, 0) is 50.1 Å². The van der Waals surface area contributed by atoms with Crippen LogP contribution in [-0.4, -0.2) is 11.8 Å². The van der Waals surface area contributed by atoms with Gasteiger partial charge in [-0.1, -0.05) is 23.8 Å². The Bertz CT molecular complexity index is 752. The third kappa shape index (κ3) is 3.23. The molecule has 2 amide bonds. The minimum absolute atomic E-state index is 0.324. The molecule has 2 aromatic rings. The van der Waals surface area contributed by atoms with Crippen molar-refractivity contribution in [1.82, 2.24) is 0 Å². The van der Waals surface area contributed by atoms with Gasteiger partial charge in [0.15, 0.2) is 0 Å². The third-order valence-corrected chi connectivity index (χ3v) is 4.01. The average Bonchev–Trinajstić information content (AvgIpc) is 3.31. The maximum absolute atomic E-state index is 13.2. The first-order valence-electron chi connectivity index (χ1n) is 7.45. The van der Waals surface area contributed by atoms with Crippen LogP contribution in [0.15, 0.2) is 48.5 Å². The molecule has 2 N–H and O–H groups in total. The number of aryl methyl sites for hydroxylation is 1. The van der Waals surface area contributed by atoms with Crippen LogP contribution in [0, 0.1) is 18.2 Å². The Labute approximate surface area is 133 Å². The quantitative estimate of drug-likeness (QED) is 0.849.